The number of rotatable bonds is 5. The van der Waals surface area contributed by atoms with Gasteiger partial charge >= 0.3 is 0 Å². The Bertz CT molecular complexity index is 1760. The van der Waals surface area contributed by atoms with Crippen LogP contribution in [-0.2, 0) is 22.4 Å². The Morgan fingerprint density at radius 3 is 2.75 bits per heavy atom. The van der Waals surface area contributed by atoms with Crippen molar-refractivity contribution < 1.29 is 9.59 Å². The fraction of sp³-hybridized carbons (Fsp3) is 0.267. The summed E-state index contributed by atoms with van der Waals surface area (Å²) < 4.78 is 1.80. The van der Waals surface area contributed by atoms with Crippen LogP contribution in [0.25, 0.3) is 27.8 Å². The fourth-order valence-corrected chi connectivity index (χ4v) is 5.56. The van der Waals surface area contributed by atoms with E-state index in [9.17, 15) is 9.59 Å². The van der Waals surface area contributed by atoms with Gasteiger partial charge in [-0.05, 0) is 60.0 Å². The Labute approximate surface area is 230 Å². The lowest BCUT2D eigenvalue weighted by Gasteiger charge is -2.33. The van der Waals surface area contributed by atoms with Crippen LogP contribution in [0.15, 0.2) is 66.9 Å². The molecule has 40 heavy (non-hydrogen) atoms. The minimum Gasteiger partial charge on any atom is -0.339 e. The van der Waals surface area contributed by atoms with E-state index in [2.05, 4.69) is 44.8 Å². The molecule has 0 aliphatic carbocycles. The third kappa shape index (κ3) is 4.56. The van der Waals surface area contributed by atoms with E-state index in [0.717, 1.165) is 57.9 Å². The van der Waals surface area contributed by atoms with E-state index in [1.165, 1.54) is 0 Å². The van der Waals surface area contributed by atoms with Crippen LogP contribution in [0.3, 0.4) is 0 Å². The van der Waals surface area contributed by atoms with Crippen molar-refractivity contribution in [2.24, 2.45) is 0 Å². The molecule has 2 amide bonds. The van der Waals surface area contributed by atoms with Crippen LogP contribution in [0, 0.1) is 0 Å². The number of carbonyl (C=O) groups excluding carboxylic acids is 2. The van der Waals surface area contributed by atoms with Crippen LogP contribution in [0.1, 0.15) is 23.4 Å². The van der Waals surface area contributed by atoms with Gasteiger partial charge in [0.25, 0.3) is 0 Å². The van der Waals surface area contributed by atoms with Gasteiger partial charge in [0.2, 0.25) is 11.8 Å². The predicted octanol–water partition coefficient (Wildman–Crippen LogP) is 2.64. The van der Waals surface area contributed by atoms with Gasteiger partial charge in [-0.3, -0.25) is 14.6 Å². The van der Waals surface area contributed by atoms with Crippen molar-refractivity contribution in [1.82, 2.24) is 35.0 Å². The average Bonchev–Trinajstić information content (AvgIpc) is 3.40. The van der Waals surface area contributed by atoms with Gasteiger partial charge < -0.3 is 15.1 Å². The highest BCUT2D eigenvalue weighted by Gasteiger charge is 2.28. The number of hydrogen-bond acceptors (Lipinski definition) is 7. The molecular formula is C30H28N8O2. The number of nitrogens with zero attached hydrogens (tertiary/aromatic N) is 7. The average molecular weight is 533 g/mol. The SMILES string of the molecule is O=C(CN1C(=O)CCc2cc(-c3ccc4nnc(Cc5ccc6ncccc6c5)n4n3)ccc21)N1CCNCC1. The number of carbonyl (C=O) groups is 2. The first kappa shape index (κ1) is 24.3. The second-order valence-electron chi connectivity index (χ2n) is 10.3. The van der Waals surface area contributed by atoms with E-state index < -0.39 is 0 Å². The molecule has 7 rings (SSSR count). The van der Waals surface area contributed by atoms with Crippen molar-refractivity contribution in [3.05, 3.63) is 83.8 Å². The summed E-state index contributed by atoms with van der Waals surface area (Å²) in [6, 6.07) is 20.0. The van der Waals surface area contributed by atoms with Crippen LogP contribution >= 0.6 is 0 Å². The summed E-state index contributed by atoms with van der Waals surface area (Å²) >= 11 is 0. The number of amides is 2. The van der Waals surface area contributed by atoms with Gasteiger partial charge in [0.05, 0.1) is 11.2 Å². The van der Waals surface area contributed by atoms with Crippen LogP contribution in [0.2, 0.25) is 0 Å². The molecule has 0 saturated carbocycles. The Hall–Kier alpha value is -4.70. The van der Waals surface area contributed by atoms with Gasteiger partial charge in [0, 0.05) is 61.9 Å². The Morgan fingerprint density at radius 2 is 1.85 bits per heavy atom. The molecule has 0 unspecified atom stereocenters. The van der Waals surface area contributed by atoms with E-state index in [1.807, 2.05) is 41.3 Å². The van der Waals surface area contributed by atoms with Gasteiger partial charge in [-0.15, -0.1) is 10.2 Å². The molecule has 5 aromatic rings. The Morgan fingerprint density at radius 1 is 0.950 bits per heavy atom. The van der Waals surface area contributed by atoms with Crippen molar-refractivity contribution in [2.75, 3.05) is 37.6 Å². The zero-order valence-corrected chi connectivity index (χ0v) is 22.0. The third-order valence-electron chi connectivity index (χ3n) is 7.70. The molecule has 200 valence electrons. The second-order valence-corrected chi connectivity index (χ2v) is 10.3. The van der Waals surface area contributed by atoms with Gasteiger partial charge in [-0.2, -0.15) is 9.61 Å². The van der Waals surface area contributed by atoms with Gasteiger partial charge in [0.1, 0.15) is 6.54 Å². The molecule has 10 heteroatoms. The maximum absolute atomic E-state index is 12.9. The van der Waals surface area contributed by atoms with Crippen molar-refractivity contribution in [1.29, 1.82) is 0 Å². The summed E-state index contributed by atoms with van der Waals surface area (Å²) in [5, 5.41) is 18.0. The number of benzene rings is 2. The summed E-state index contributed by atoms with van der Waals surface area (Å²) in [5.41, 5.74) is 6.33. The smallest absolute Gasteiger partial charge is 0.242 e. The van der Waals surface area contributed by atoms with E-state index in [4.69, 9.17) is 5.10 Å². The number of anilines is 1. The first-order valence-corrected chi connectivity index (χ1v) is 13.6. The molecule has 10 nitrogen and oxygen atoms in total. The second kappa shape index (κ2) is 10.1. The zero-order chi connectivity index (χ0) is 27.1. The summed E-state index contributed by atoms with van der Waals surface area (Å²) in [5.74, 6) is 0.727. The van der Waals surface area contributed by atoms with Gasteiger partial charge in [-0.25, -0.2) is 0 Å². The first-order chi connectivity index (χ1) is 19.6. The highest BCUT2D eigenvalue weighted by atomic mass is 16.2. The lowest BCUT2D eigenvalue weighted by Crippen LogP contribution is -2.51. The van der Waals surface area contributed by atoms with Crippen LogP contribution in [-0.4, -0.2) is 74.2 Å². The lowest BCUT2D eigenvalue weighted by molar-refractivity contribution is -0.132. The van der Waals surface area contributed by atoms with E-state index in [1.54, 1.807) is 15.6 Å². The number of piperazine rings is 1. The fourth-order valence-electron chi connectivity index (χ4n) is 5.56. The van der Waals surface area contributed by atoms with Crippen LogP contribution < -0.4 is 10.2 Å². The highest BCUT2D eigenvalue weighted by molar-refractivity contribution is 6.01. The van der Waals surface area contributed by atoms with E-state index >= 15 is 0 Å². The predicted molar refractivity (Wildman–Crippen MR) is 151 cm³/mol. The number of hydrogen-bond donors (Lipinski definition) is 1. The molecule has 3 aromatic heterocycles. The maximum atomic E-state index is 12.9. The standard InChI is InChI=1S/C30H28N8O2/c39-29-10-5-23-18-22(4-8-26(23)37(29)19-30(40)36-14-12-31-13-15-36)25-7-9-27-33-34-28(38(27)35-25)17-20-3-6-24-21(16-20)2-1-11-32-24/h1-4,6-9,11,16,18,31H,5,10,12-15,17,19H2. The Kier molecular flexibility index (Phi) is 6.16. The maximum Gasteiger partial charge on any atom is 0.242 e. The number of aromatic nitrogens is 5. The van der Waals surface area contributed by atoms with E-state index in [-0.39, 0.29) is 18.4 Å². The quantitative estimate of drug-likeness (QED) is 0.371. The first-order valence-electron chi connectivity index (χ1n) is 13.6. The molecule has 2 aliphatic heterocycles. The molecule has 0 atom stereocenters. The lowest BCUT2D eigenvalue weighted by atomic mass is 9.97. The van der Waals surface area contributed by atoms with Crippen LogP contribution in [0.4, 0.5) is 5.69 Å². The Balaban J connectivity index is 1.16. The topological polar surface area (TPSA) is 109 Å². The zero-order valence-electron chi connectivity index (χ0n) is 22.0. The molecule has 2 aliphatic rings. The molecular weight excluding hydrogens is 504 g/mol. The molecule has 0 spiro atoms. The molecule has 0 bridgehead atoms. The summed E-state index contributed by atoms with van der Waals surface area (Å²) in [6.45, 7) is 2.98. The monoisotopic (exact) mass is 532 g/mol. The minimum absolute atomic E-state index is 0.0121. The largest absolute Gasteiger partial charge is 0.339 e. The summed E-state index contributed by atoms with van der Waals surface area (Å²) in [6.07, 6.45) is 3.40. The van der Waals surface area contributed by atoms with Gasteiger partial charge in [0.15, 0.2) is 11.5 Å². The van der Waals surface area contributed by atoms with Gasteiger partial charge in [-0.1, -0.05) is 18.2 Å². The van der Waals surface area contributed by atoms with Crippen molar-refractivity contribution in [2.45, 2.75) is 19.3 Å². The summed E-state index contributed by atoms with van der Waals surface area (Å²) in [7, 11) is 0. The molecule has 0 radical (unpaired) electrons. The molecule has 5 heterocycles. The number of aryl methyl sites for hydroxylation is 1. The van der Waals surface area contributed by atoms with Crippen molar-refractivity contribution in [3.63, 3.8) is 0 Å². The van der Waals surface area contributed by atoms with Crippen molar-refractivity contribution in [3.8, 4) is 11.3 Å². The molecule has 1 saturated heterocycles. The molecule has 1 fully saturated rings. The number of fused-ring (bicyclic) bond motifs is 3. The summed E-state index contributed by atoms with van der Waals surface area (Å²) in [4.78, 5) is 33.6. The molecule has 1 N–H and O–H groups in total. The highest BCUT2D eigenvalue weighted by Crippen LogP contribution is 2.32. The van der Waals surface area contributed by atoms with Crippen molar-refractivity contribution >= 4 is 34.1 Å². The normalized spacial score (nSPS) is 15.6. The third-order valence-corrected chi connectivity index (χ3v) is 7.70. The van der Waals surface area contributed by atoms with Crippen LogP contribution in [0.5, 0.6) is 0 Å². The van der Waals surface area contributed by atoms with E-state index in [0.29, 0.717) is 38.0 Å². The number of pyridine rings is 1. The number of nitrogens with one attached hydrogen (secondary N) is 1. The molecule has 2 aromatic carbocycles. The minimum atomic E-state index is -0.0123.